The highest BCUT2D eigenvalue weighted by atomic mass is 19.2. The number of rotatable bonds is 7. The first-order valence-corrected chi connectivity index (χ1v) is 9.23. The topological polar surface area (TPSA) is 35.9 Å². The number of aliphatic hydroxyl groups is 1. The van der Waals surface area contributed by atoms with Gasteiger partial charge in [-0.15, -0.1) is 0 Å². The molecule has 0 unspecified atom stereocenters. The molecule has 1 saturated heterocycles. The van der Waals surface area contributed by atoms with Gasteiger partial charge >= 0.3 is 0 Å². The summed E-state index contributed by atoms with van der Waals surface area (Å²) in [5.74, 6) is -0.770. The number of hydrogen-bond donors (Lipinski definition) is 1. The molecule has 0 saturated carbocycles. The van der Waals surface area contributed by atoms with Crippen molar-refractivity contribution in [1.29, 1.82) is 0 Å². The molecule has 0 aromatic heterocycles. The lowest BCUT2D eigenvalue weighted by Gasteiger charge is -2.41. The third-order valence-electron chi connectivity index (χ3n) is 5.11. The summed E-state index contributed by atoms with van der Waals surface area (Å²) in [4.78, 5) is 4.58. The first-order valence-electron chi connectivity index (χ1n) is 9.23. The second kappa shape index (κ2) is 9.26. The number of hydrogen-bond acceptors (Lipinski definition) is 4. The Hall–Kier alpha value is -2.02. The lowest BCUT2D eigenvalue weighted by atomic mass is 10.1. The van der Waals surface area contributed by atoms with Crippen molar-refractivity contribution in [3.8, 4) is 5.75 Å². The van der Waals surface area contributed by atoms with Crippen LogP contribution in [0.1, 0.15) is 17.5 Å². The number of methoxy groups -OCH3 is 1. The molecule has 1 aliphatic rings. The van der Waals surface area contributed by atoms with E-state index in [9.17, 15) is 13.9 Å². The Labute approximate surface area is 159 Å². The van der Waals surface area contributed by atoms with E-state index in [-0.39, 0.29) is 12.6 Å². The van der Waals surface area contributed by atoms with Crippen LogP contribution in [0.3, 0.4) is 0 Å². The van der Waals surface area contributed by atoms with Gasteiger partial charge in [0.2, 0.25) is 0 Å². The number of nitrogens with zero attached hydrogens (tertiary/aromatic N) is 2. The van der Waals surface area contributed by atoms with Crippen molar-refractivity contribution >= 4 is 0 Å². The van der Waals surface area contributed by atoms with Gasteiger partial charge in [0.1, 0.15) is 5.75 Å². The highest BCUT2D eigenvalue weighted by molar-refractivity contribution is 5.33. The highest BCUT2D eigenvalue weighted by Crippen LogP contribution is 2.23. The summed E-state index contributed by atoms with van der Waals surface area (Å²) in [7, 11) is 1.67. The molecule has 146 valence electrons. The fourth-order valence-electron chi connectivity index (χ4n) is 3.68. The average Bonchev–Trinajstić information content (AvgIpc) is 2.67. The third kappa shape index (κ3) is 5.03. The van der Waals surface area contributed by atoms with E-state index in [4.69, 9.17) is 4.74 Å². The maximum Gasteiger partial charge on any atom is 0.159 e. The molecule has 1 atom stereocenters. The third-order valence-corrected chi connectivity index (χ3v) is 5.11. The average molecular weight is 376 g/mol. The first kappa shape index (κ1) is 19.7. The second-order valence-electron chi connectivity index (χ2n) is 6.93. The van der Waals surface area contributed by atoms with E-state index in [0.717, 1.165) is 43.1 Å². The van der Waals surface area contributed by atoms with Crippen molar-refractivity contribution in [3.63, 3.8) is 0 Å². The van der Waals surface area contributed by atoms with Gasteiger partial charge in [-0.05, 0) is 30.2 Å². The molecule has 0 spiro atoms. The minimum Gasteiger partial charge on any atom is -0.496 e. The maximum atomic E-state index is 13.5. The molecule has 0 amide bonds. The van der Waals surface area contributed by atoms with Crippen molar-refractivity contribution in [2.75, 3.05) is 33.4 Å². The van der Waals surface area contributed by atoms with Crippen LogP contribution >= 0.6 is 0 Å². The standard InChI is InChI=1S/C21H26F2N2O2/c1-27-21-5-3-2-4-17(21)14-24-9-10-25(18(15-24)8-11-26)13-16-6-7-19(22)20(23)12-16/h2-7,12,18,26H,8-11,13-15H2,1H3/t18-/m0/s1. The van der Waals surface area contributed by atoms with E-state index in [0.29, 0.717) is 13.0 Å². The second-order valence-corrected chi connectivity index (χ2v) is 6.93. The highest BCUT2D eigenvalue weighted by Gasteiger charge is 2.27. The predicted molar refractivity (Wildman–Crippen MR) is 101 cm³/mol. The molecule has 6 heteroatoms. The molecule has 3 rings (SSSR count). The molecule has 27 heavy (non-hydrogen) atoms. The van der Waals surface area contributed by atoms with Crippen LogP contribution in [0.25, 0.3) is 0 Å². The summed E-state index contributed by atoms with van der Waals surface area (Å²) in [6.07, 6.45) is 0.645. The zero-order chi connectivity index (χ0) is 19.2. The van der Waals surface area contributed by atoms with E-state index < -0.39 is 11.6 Å². The number of ether oxygens (including phenoxy) is 1. The molecule has 1 fully saturated rings. The molecule has 1 heterocycles. The van der Waals surface area contributed by atoms with Crippen molar-refractivity contribution in [3.05, 3.63) is 65.2 Å². The van der Waals surface area contributed by atoms with E-state index >= 15 is 0 Å². The zero-order valence-corrected chi connectivity index (χ0v) is 15.6. The zero-order valence-electron chi connectivity index (χ0n) is 15.6. The summed E-state index contributed by atoms with van der Waals surface area (Å²) in [6, 6.07) is 12.2. The van der Waals surface area contributed by atoms with Crippen LogP contribution in [0.2, 0.25) is 0 Å². The van der Waals surface area contributed by atoms with Crippen LogP contribution in [-0.4, -0.2) is 54.3 Å². The Morgan fingerprint density at radius 1 is 1.07 bits per heavy atom. The number of aliphatic hydroxyl groups excluding tert-OH is 1. The molecule has 0 radical (unpaired) electrons. The van der Waals surface area contributed by atoms with Crippen LogP contribution in [0.4, 0.5) is 8.78 Å². The molecule has 2 aromatic rings. The van der Waals surface area contributed by atoms with Crippen molar-refractivity contribution in [2.45, 2.75) is 25.6 Å². The largest absolute Gasteiger partial charge is 0.496 e. The van der Waals surface area contributed by atoms with E-state index in [1.165, 1.54) is 12.1 Å². The fraction of sp³-hybridized carbons (Fsp3) is 0.429. The van der Waals surface area contributed by atoms with Gasteiger partial charge in [-0.2, -0.15) is 0 Å². The number of para-hydroxylation sites is 1. The van der Waals surface area contributed by atoms with Gasteiger partial charge in [0, 0.05) is 50.9 Å². The minimum absolute atomic E-state index is 0.0987. The molecule has 1 aliphatic heterocycles. The Kier molecular flexibility index (Phi) is 6.77. The van der Waals surface area contributed by atoms with Crippen molar-refractivity contribution in [2.24, 2.45) is 0 Å². The number of benzene rings is 2. The number of piperazine rings is 1. The monoisotopic (exact) mass is 376 g/mol. The Morgan fingerprint density at radius 3 is 2.63 bits per heavy atom. The Bertz CT molecular complexity index is 757. The van der Waals surface area contributed by atoms with E-state index in [1.54, 1.807) is 13.2 Å². The molecule has 0 bridgehead atoms. The van der Waals surface area contributed by atoms with Gasteiger partial charge in [0.25, 0.3) is 0 Å². The minimum atomic E-state index is -0.827. The van der Waals surface area contributed by atoms with Crippen LogP contribution in [-0.2, 0) is 13.1 Å². The molecular weight excluding hydrogens is 350 g/mol. The Balaban J connectivity index is 1.66. The molecular formula is C21H26F2N2O2. The van der Waals surface area contributed by atoms with Crippen molar-refractivity contribution < 1.29 is 18.6 Å². The van der Waals surface area contributed by atoms with Crippen LogP contribution in [0.15, 0.2) is 42.5 Å². The number of halogens is 2. The Morgan fingerprint density at radius 2 is 1.89 bits per heavy atom. The maximum absolute atomic E-state index is 13.5. The quantitative estimate of drug-likeness (QED) is 0.806. The molecule has 0 aliphatic carbocycles. The van der Waals surface area contributed by atoms with Gasteiger partial charge in [-0.1, -0.05) is 24.3 Å². The van der Waals surface area contributed by atoms with Gasteiger partial charge in [0.15, 0.2) is 11.6 Å². The van der Waals surface area contributed by atoms with Crippen LogP contribution < -0.4 is 4.74 Å². The molecule has 1 N–H and O–H groups in total. The lowest BCUT2D eigenvalue weighted by molar-refractivity contribution is 0.0495. The smallest absolute Gasteiger partial charge is 0.159 e. The molecule has 2 aromatic carbocycles. The lowest BCUT2D eigenvalue weighted by Crippen LogP contribution is -2.52. The van der Waals surface area contributed by atoms with E-state index in [2.05, 4.69) is 15.9 Å². The summed E-state index contributed by atoms with van der Waals surface area (Å²) < 4.78 is 32.1. The summed E-state index contributed by atoms with van der Waals surface area (Å²) >= 11 is 0. The van der Waals surface area contributed by atoms with Crippen LogP contribution in [0, 0.1) is 11.6 Å². The van der Waals surface area contributed by atoms with Gasteiger partial charge < -0.3 is 9.84 Å². The van der Waals surface area contributed by atoms with Gasteiger partial charge in [-0.25, -0.2) is 8.78 Å². The van der Waals surface area contributed by atoms with Gasteiger partial charge in [-0.3, -0.25) is 9.80 Å². The first-order chi connectivity index (χ1) is 13.1. The molecule has 4 nitrogen and oxygen atoms in total. The van der Waals surface area contributed by atoms with E-state index in [1.807, 2.05) is 18.2 Å². The predicted octanol–water partition coefficient (Wildman–Crippen LogP) is 3.04. The SMILES string of the molecule is COc1ccccc1CN1CCN(Cc2ccc(F)c(F)c2)[C@@H](CCO)C1. The summed E-state index contributed by atoms with van der Waals surface area (Å²) in [5.41, 5.74) is 1.88. The summed E-state index contributed by atoms with van der Waals surface area (Å²) in [6.45, 7) is 3.90. The normalized spacial score (nSPS) is 18.6. The van der Waals surface area contributed by atoms with Crippen LogP contribution in [0.5, 0.6) is 5.75 Å². The van der Waals surface area contributed by atoms with Crippen molar-refractivity contribution in [1.82, 2.24) is 9.80 Å². The van der Waals surface area contributed by atoms with Gasteiger partial charge in [0.05, 0.1) is 7.11 Å². The summed E-state index contributed by atoms with van der Waals surface area (Å²) in [5, 5.41) is 9.47. The fourth-order valence-corrected chi connectivity index (χ4v) is 3.68.